The first kappa shape index (κ1) is 13.2. The second-order valence-electron chi connectivity index (χ2n) is 5.54. The molecular weight excluding hydrogens is 256 g/mol. The van der Waals surface area contributed by atoms with Gasteiger partial charge in [-0.3, -0.25) is 9.59 Å². The van der Waals surface area contributed by atoms with Crippen LogP contribution in [0.4, 0.5) is 0 Å². The third-order valence-corrected chi connectivity index (χ3v) is 4.06. The highest BCUT2D eigenvalue weighted by atomic mass is 16.5. The van der Waals surface area contributed by atoms with E-state index in [1.54, 1.807) is 12.1 Å². The van der Waals surface area contributed by atoms with Gasteiger partial charge in [0.1, 0.15) is 11.5 Å². The first-order chi connectivity index (χ1) is 9.65. The van der Waals surface area contributed by atoms with Crippen molar-refractivity contribution < 1.29 is 19.1 Å². The van der Waals surface area contributed by atoms with Gasteiger partial charge in [-0.2, -0.15) is 0 Å². The van der Waals surface area contributed by atoms with Gasteiger partial charge in [0, 0.05) is 12.5 Å². The number of hydrogen-bond acceptors (Lipinski definition) is 4. The Balaban J connectivity index is 1.83. The number of carbonyl (C=O) groups excluding carboxylic acids is 2. The van der Waals surface area contributed by atoms with E-state index in [0.717, 1.165) is 31.2 Å². The van der Waals surface area contributed by atoms with Crippen molar-refractivity contribution in [2.75, 3.05) is 6.61 Å². The predicted molar refractivity (Wildman–Crippen MR) is 73.2 cm³/mol. The Morgan fingerprint density at radius 3 is 2.80 bits per heavy atom. The first-order valence-electron chi connectivity index (χ1n) is 7.17. The Hall–Kier alpha value is -1.84. The van der Waals surface area contributed by atoms with Gasteiger partial charge in [-0.1, -0.05) is 12.8 Å². The third-order valence-electron chi connectivity index (χ3n) is 4.06. The highest BCUT2D eigenvalue weighted by Gasteiger charge is 2.26. The van der Waals surface area contributed by atoms with E-state index >= 15 is 0 Å². The molecule has 4 nitrogen and oxygen atoms in total. The highest BCUT2D eigenvalue weighted by molar-refractivity contribution is 6.00. The molecule has 1 fully saturated rings. The number of fused-ring (bicyclic) bond motifs is 1. The van der Waals surface area contributed by atoms with Gasteiger partial charge in [0.15, 0.2) is 5.78 Å². The van der Waals surface area contributed by atoms with E-state index in [-0.39, 0.29) is 17.7 Å². The number of rotatable bonds is 2. The summed E-state index contributed by atoms with van der Waals surface area (Å²) >= 11 is 0. The fraction of sp³-hybridized carbons (Fsp3) is 0.500. The lowest BCUT2D eigenvalue weighted by atomic mass is 10.0. The zero-order chi connectivity index (χ0) is 14.1. The number of aryl methyl sites for hydroxylation is 1. The maximum atomic E-state index is 12.1. The van der Waals surface area contributed by atoms with Crippen molar-refractivity contribution >= 4 is 11.8 Å². The van der Waals surface area contributed by atoms with Crippen LogP contribution in [-0.4, -0.2) is 18.4 Å². The molecule has 4 heteroatoms. The van der Waals surface area contributed by atoms with Crippen LogP contribution in [0.5, 0.6) is 11.5 Å². The Morgan fingerprint density at radius 2 is 2.05 bits per heavy atom. The minimum absolute atomic E-state index is 0.0213. The maximum absolute atomic E-state index is 12.1. The highest BCUT2D eigenvalue weighted by Crippen LogP contribution is 2.33. The average molecular weight is 274 g/mol. The monoisotopic (exact) mass is 274 g/mol. The quantitative estimate of drug-likeness (QED) is 0.614. The number of ketones is 1. The molecular formula is C16H18O4. The van der Waals surface area contributed by atoms with Crippen LogP contribution in [0.1, 0.15) is 48.0 Å². The summed E-state index contributed by atoms with van der Waals surface area (Å²) < 4.78 is 11.0. The van der Waals surface area contributed by atoms with Crippen molar-refractivity contribution in [3.63, 3.8) is 0 Å². The van der Waals surface area contributed by atoms with Gasteiger partial charge in [0.25, 0.3) is 0 Å². The lowest BCUT2D eigenvalue weighted by Crippen LogP contribution is -2.19. The topological polar surface area (TPSA) is 52.6 Å². The molecule has 0 atom stereocenters. The van der Waals surface area contributed by atoms with Gasteiger partial charge in [-0.05, 0) is 31.4 Å². The normalized spacial score (nSPS) is 18.6. The van der Waals surface area contributed by atoms with E-state index in [4.69, 9.17) is 9.47 Å². The molecule has 1 aromatic carbocycles. The molecule has 1 aromatic rings. The van der Waals surface area contributed by atoms with Gasteiger partial charge >= 0.3 is 5.97 Å². The molecule has 0 amide bonds. The van der Waals surface area contributed by atoms with Crippen LogP contribution in [0.2, 0.25) is 0 Å². The second kappa shape index (κ2) is 5.27. The summed E-state index contributed by atoms with van der Waals surface area (Å²) in [6.07, 6.45) is 4.43. The largest absolute Gasteiger partial charge is 0.492 e. The van der Waals surface area contributed by atoms with Gasteiger partial charge in [-0.15, -0.1) is 0 Å². The Kier molecular flexibility index (Phi) is 3.47. The van der Waals surface area contributed by atoms with E-state index in [1.807, 2.05) is 6.92 Å². The molecule has 2 aliphatic rings. The molecule has 1 aliphatic carbocycles. The molecule has 20 heavy (non-hydrogen) atoms. The van der Waals surface area contributed by atoms with Crippen LogP contribution in [0.25, 0.3) is 0 Å². The summed E-state index contributed by atoms with van der Waals surface area (Å²) in [4.78, 5) is 23.9. The predicted octanol–water partition coefficient (Wildman–Crippen LogP) is 3.06. The van der Waals surface area contributed by atoms with E-state index in [2.05, 4.69) is 0 Å². The molecule has 1 aliphatic heterocycles. The van der Waals surface area contributed by atoms with Crippen molar-refractivity contribution in [3.05, 3.63) is 23.3 Å². The van der Waals surface area contributed by atoms with Crippen LogP contribution in [-0.2, 0) is 4.79 Å². The first-order valence-corrected chi connectivity index (χ1v) is 7.17. The molecule has 0 bridgehead atoms. The van der Waals surface area contributed by atoms with E-state index < -0.39 is 0 Å². The molecule has 0 radical (unpaired) electrons. The SMILES string of the molecule is Cc1cc2c(cc1OC(=O)C1CCCC1)OCCC2=O. The maximum Gasteiger partial charge on any atom is 0.314 e. The minimum atomic E-state index is -0.160. The molecule has 0 spiro atoms. The lowest BCUT2D eigenvalue weighted by molar-refractivity contribution is -0.138. The Bertz CT molecular complexity index is 556. The summed E-state index contributed by atoms with van der Waals surface area (Å²) in [5.74, 6) is 0.986. The molecule has 0 N–H and O–H groups in total. The van der Waals surface area contributed by atoms with Crippen molar-refractivity contribution in [2.24, 2.45) is 5.92 Å². The zero-order valence-electron chi connectivity index (χ0n) is 11.6. The summed E-state index contributed by atoms with van der Waals surface area (Å²) in [6.45, 7) is 2.24. The summed E-state index contributed by atoms with van der Waals surface area (Å²) in [5, 5.41) is 0. The van der Waals surface area contributed by atoms with Gasteiger partial charge in [0.05, 0.1) is 18.1 Å². The molecule has 0 aromatic heterocycles. The van der Waals surface area contributed by atoms with Crippen LogP contribution < -0.4 is 9.47 Å². The van der Waals surface area contributed by atoms with Gasteiger partial charge in [-0.25, -0.2) is 0 Å². The number of Topliss-reactive ketones (excluding diaryl/α,β-unsaturated/α-hetero) is 1. The lowest BCUT2D eigenvalue weighted by Gasteiger charge is -2.19. The van der Waals surface area contributed by atoms with Crippen LogP contribution in [0, 0.1) is 12.8 Å². The van der Waals surface area contributed by atoms with Crippen LogP contribution in [0.15, 0.2) is 12.1 Å². The molecule has 1 saturated carbocycles. The summed E-state index contributed by atoms with van der Waals surface area (Å²) in [7, 11) is 0. The number of ether oxygens (including phenoxy) is 2. The molecule has 0 saturated heterocycles. The van der Waals surface area contributed by atoms with Gasteiger partial charge in [0.2, 0.25) is 0 Å². The van der Waals surface area contributed by atoms with Crippen molar-refractivity contribution in [2.45, 2.75) is 39.0 Å². The Labute approximate surface area is 118 Å². The molecule has 3 rings (SSSR count). The Morgan fingerprint density at radius 1 is 1.30 bits per heavy atom. The van der Waals surface area contributed by atoms with E-state index in [9.17, 15) is 9.59 Å². The molecule has 0 unspecified atom stereocenters. The number of esters is 1. The van der Waals surface area contributed by atoms with Gasteiger partial charge < -0.3 is 9.47 Å². The molecule has 1 heterocycles. The summed E-state index contributed by atoms with van der Waals surface area (Å²) in [6, 6.07) is 3.43. The molecule has 106 valence electrons. The van der Waals surface area contributed by atoms with Crippen molar-refractivity contribution in [1.82, 2.24) is 0 Å². The second-order valence-corrected chi connectivity index (χ2v) is 5.54. The van der Waals surface area contributed by atoms with Crippen LogP contribution >= 0.6 is 0 Å². The van der Waals surface area contributed by atoms with Crippen molar-refractivity contribution in [1.29, 1.82) is 0 Å². The van der Waals surface area contributed by atoms with Crippen LogP contribution in [0.3, 0.4) is 0 Å². The number of benzene rings is 1. The summed E-state index contributed by atoms with van der Waals surface area (Å²) in [5.41, 5.74) is 1.39. The number of hydrogen-bond donors (Lipinski definition) is 0. The fourth-order valence-electron chi connectivity index (χ4n) is 2.86. The minimum Gasteiger partial charge on any atom is -0.492 e. The average Bonchev–Trinajstić information content (AvgIpc) is 2.95. The standard InChI is InChI=1S/C16H18O4/c1-10-8-12-13(17)6-7-19-15(12)9-14(10)20-16(18)11-4-2-3-5-11/h8-9,11H,2-7H2,1H3. The number of carbonyl (C=O) groups is 2. The zero-order valence-corrected chi connectivity index (χ0v) is 11.6. The fourth-order valence-corrected chi connectivity index (χ4v) is 2.86. The third kappa shape index (κ3) is 2.42. The smallest absolute Gasteiger partial charge is 0.314 e. The van der Waals surface area contributed by atoms with E-state index in [1.165, 1.54) is 0 Å². The van der Waals surface area contributed by atoms with E-state index in [0.29, 0.717) is 30.1 Å². The van der Waals surface area contributed by atoms with Crippen molar-refractivity contribution in [3.8, 4) is 11.5 Å².